The molecule has 0 radical (unpaired) electrons. The van der Waals surface area contributed by atoms with Crippen LogP contribution in [0.2, 0.25) is 0 Å². The van der Waals surface area contributed by atoms with Crippen molar-refractivity contribution < 1.29 is 4.79 Å². The molecule has 2 fully saturated rings. The highest BCUT2D eigenvalue weighted by molar-refractivity contribution is 5.95. The van der Waals surface area contributed by atoms with Gasteiger partial charge in [0.1, 0.15) is 5.56 Å². The summed E-state index contributed by atoms with van der Waals surface area (Å²) in [5.74, 6) is 0.456. The van der Waals surface area contributed by atoms with E-state index < -0.39 is 0 Å². The molecule has 4 heteroatoms. The molecule has 1 aromatic heterocycles. The second-order valence-electron chi connectivity index (χ2n) is 6.75. The van der Waals surface area contributed by atoms with Gasteiger partial charge in [0.05, 0.1) is 0 Å². The number of rotatable bonds is 2. The molecular weight excluding hydrogens is 264 g/mol. The molecule has 1 unspecified atom stereocenters. The van der Waals surface area contributed by atoms with Gasteiger partial charge in [-0.15, -0.1) is 0 Å². The first-order valence-corrected chi connectivity index (χ1v) is 8.01. The van der Waals surface area contributed by atoms with E-state index in [9.17, 15) is 9.59 Å². The molecule has 3 rings (SSSR count). The Morgan fingerprint density at radius 1 is 1.24 bits per heavy atom. The summed E-state index contributed by atoms with van der Waals surface area (Å²) in [4.78, 5) is 27.4. The summed E-state index contributed by atoms with van der Waals surface area (Å²) in [6.07, 6.45) is 4.31. The lowest BCUT2D eigenvalue weighted by atomic mass is 9.99. The van der Waals surface area contributed by atoms with E-state index in [1.54, 1.807) is 0 Å². The number of pyridine rings is 1. The first-order chi connectivity index (χ1) is 9.99. The maximum Gasteiger partial charge on any atom is 0.264 e. The van der Waals surface area contributed by atoms with Crippen molar-refractivity contribution in [2.75, 3.05) is 13.1 Å². The lowest BCUT2D eigenvalue weighted by molar-refractivity contribution is 0.0679. The minimum Gasteiger partial charge on any atom is -0.338 e. The van der Waals surface area contributed by atoms with Crippen LogP contribution in [0, 0.1) is 19.8 Å². The van der Waals surface area contributed by atoms with Crippen LogP contribution in [0.1, 0.15) is 60.3 Å². The molecule has 0 spiro atoms. The smallest absolute Gasteiger partial charge is 0.264 e. The largest absolute Gasteiger partial charge is 0.338 e. The Bertz CT molecular complexity index is 628. The first kappa shape index (κ1) is 14.4. The summed E-state index contributed by atoms with van der Waals surface area (Å²) >= 11 is 0. The molecule has 2 aliphatic rings. The van der Waals surface area contributed by atoms with Gasteiger partial charge in [-0.05, 0) is 57.1 Å². The van der Waals surface area contributed by atoms with E-state index in [0.29, 0.717) is 17.5 Å². The van der Waals surface area contributed by atoms with Gasteiger partial charge in [0.2, 0.25) is 0 Å². The molecule has 1 saturated carbocycles. The normalized spacial score (nSPS) is 22.4. The van der Waals surface area contributed by atoms with Crippen molar-refractivity contribution in [1.29, 1.82) is 0 Å². The van der Waals surface area contributed by atoms with Crippen LogP contribution in [0.25, 0.3) is 0 Å². The Balaban J connectivity index is 1.99. The maximum absolute atomic E-state index is 12.8. The van der Waals surface area contributed by atoms with Crippen molar-refractivity contribution in [1.82, 2.24) is 9.47 Å². The summed E-state index contributed by atoms with van der Waals surface area (Å²) in [7, 11) is 0. The zero-order chi connectivity index (χ0) is 15.1. The molecule has 1 amide bonds. The molecule has 0 N–H and O–H groups in total. The van der Waals surface area contributed by atoms with Gasteiger partial charge in [-0.25, -0.2) is 0 Å². The van der Waals surface area contributed by atoms with Gasteiger partial charge < -0.3 is 9.47 Å². The Morgan fingerprint density at radius 3 is 2.57 bits per heavy atom. The monoisotopic (exact) mass is 288 g/mol. The predicted molar refractivity (Wildman–Crippen MR) is 82.7 cm³/mol. The van der Waals surface area contributed by atoms with Crippen molar-refractivity contribution in [3.05, 3.63) is 33.2 Å². The third kappa shape index (κ3) is 2.63. The van der Waals surface area contributed by atoms with Crippen LogP contribution in [0.3, 0.4) is 0 Å². The molecule has 4 nitrogen and oxygen atoms in total. The van der Waals surface area contributed by atoms with E-state index >= 15 is 0 Å². The van der Waals surface area contributed by atoms with Crippen molar-refractivity contribution in [2.45, 2.75) is 52.5 Å². The van der Waals surface area contributed by atoms with E-state index in [1.807, 2.05) is 29.4 Å². The van der Waals surface area contributed by atoms with E-state index in [0.717, 1.165) is 43.6 Å². The molecule has 1 aromatic rings. The second kappa shape index (κ2) is 5.32. The predicted octanol–water partition coefficient (Wildman–Crippen LogP) is 2.67. The number of nitrogens with zero attached hydrogens (tertiary/aromatic N) is 2. The molecule has 1 saturated heterocycles. The van der Waals surface area contributed by atoms with E-state index in [2.05, 4.69) is 6.92 Å². The quantitative estimate of drug-likeness (QED) is 0.839. The molecule has 21 heavy (non-hydrogen) atoms. The number of aryl methyl sites for hydroxylation is 2. The van der Waals surface area contributed by atoms with Gasteiger partial charge in [0, 0.05) is 24.8 Å². The lowest BCUT2D eigenvalue weighted by Gasteiger charge is -2.31. The SMILES string of the molecule is Cc1cc(C)n(C2CC2)c(=O)c1C(=O)N1CCCC(C)C1. The third-order valence-corrected chi connectivity index (χ3v) is 4.70. The zero-order valence-electron chi connectivity index (χ0n) is 13.2. The Kier molecular flexibility index (Phi) is 3.64. The third-order valence-electron chi connectivity index (χ3n) is 4.70. The fourth-order valence-corrected chi connectivity index (χ4v) is 3.48. The van der Waals surface area contributed by atoms with Crippen molar-refractivity contribution >= 4 is 5.91 Å². The average Bonchev–Trinajstić information content (AvgIpc) is 3.22. The number of piperidine rings is 1. The average molecular weight is 288 g/mol. The number of carbonyl (C=O) groups excluding carboxylic acids is 1. The molecule has 0 bridgehead atoms. The van der Waals surface area contributed by atoms with Crippen LogP contribution in [0.4, 0.5) is 0 Å². The summed E-state index contributed by atoms with van der Waals surface area (Å²) in [5, 5.41) is 0. The van der Waals surface area contributed by atoms with E-state index in [4.69, 9.17) is 0 Å². The van der Waals surface area contributed by atoms with Crippen LogP contribution in [0.15, 0.2) is 10.9 Å². The van der Waals surface area contributed by atoms with Crippen molar-refractivity contribution in [2.24, 2.45) is 5.92 Å². The second-order valence-corrected chi connectivity index (χ2v) is 6.75. The summed E-state index contributed by atoms with van der Waals surface area (Å²) < 4.78 is 1.83. The minimum atomic E-state index is -0.0850. The van der Waals surface area contributed by atoms with Gasteiger partial charge >= 0.3 is 0 Å². The van der Waals surface area contributed by atoms with Crippen LogP contribution in [0.5, 0.6) is 0 Å². The molecular formula is C17H24N2O2. The number of hydrogen-bond donors (Lipinski definition) is 0. The molecule has 114 valence electrons. The highest BCUT2D eigenvalue weighted by Gasteiger charge is 2.31. The van der Waals surface area contributed by atoms with E-state index in [1.165, 1.54) is 6.42 Å². The molecule has 2 heterocycles. The molecule has 0 aromatic carbocycles. The van der Waals surface area contributed by atoms with Gasteiger partial charge in [-0.3, -0.25) is 9.59 Å². The minimum absolute atomic E-state index is 0.0709. The van der Waals surface area contributed by atoms with Crippen LogP contribution >= 0.6 is 0 Å². The van der Waals surface area contributed by atoms with Gasteiger partial charge in [-0.1, -0.05) is 6.92 Å². The lowest BCUT2D eigenvalue weighted by Crippen LogP contribution is -2.42. The topological polar surface area (TPSA) is 42.3 Å². The van der Waals surface area contributed by atoms with Gasteiger partial charge in [0.25, 0.3) is 11.5 Å². The Labute approximate surface area is 125 Å². The van der Waals surface area contributed by atoms with Crippen molar-refractivity contribution in [3.8, 4) is 0 Å². The molecule has 1 aliphatic heterocycles. The van der Waals surface area contributed by atoms with Crippen LogP contribution < -0.4 is 5.56 Å². The highest BCUT2D eigenvalue weighted by Crippen LogP contribution is 2.34. The van der Waals surface area contributed by atoms with Crippen LogP contribution in [-0.2, 0) is 0 Å². The maximum atomic E-state index is 12.8. The summed E-state index contributed by atoms with van der Waals surface area (Å²) in [5.41, 5.74) is 2.10. The number of hydrogen-bond acceptors (Lipinski definition) is 2. The van der Waals surface area contributed by atoms with Gasteiger partial charge in [-0.2, -0.15) is 0 Å². The molecule has 1 atom stereocenters. The van der Waals surface area contributed by atoms with Crippen LogP contribution in [-0.4, -0.2) is 28.5 Å². The standard InChI is InChI=1S/C17H24N2O2/c1-11-5-4-8-18(10-11)16(20)15-12(2)9-13(3)19(17(15)21)14-6-7-14/h9,11,14H,4-8,10H2,1-3H3. The Morgan fingerprint density at radius 2 is 1.95 bits per heavy atom. The summed E-state index contributed by atoms with van der Waals surface area (Å²) in [6, 6.07) is 2.30. The number of carbonyl (C=O) groups is 1. The molecule has 1 aliphatic carbocycles. The fraction of sp³-hybridized carbons (Fsp3) is 0.647. The highest BCUT2D eigenvalue weighted by atomic mass is 16.2. The fourth-order valence-electron chi connectivity index (χ4n) is 3.48. The number of likely N-dealkylation sites (tertiary alicyclic amines) is 1. The van der Waals surface area contributed by atoms with E-state index in [-0.39, 0.29) is 11.5 Å². The van der Waals surface area contributed by atoms with Gasteiger partial charge in [0.15, 0.2) is 0 Å². The first-order valence-electron chi connectivity index (χ1n) is 8.01. The van der Waals surface area contributed by atoms with Crippen molar-refractivity contribution in [3.63, 3.8) is 0 Å². The number of amides is 1. The Hall–Kier alpha value is -1.58. The summed E-state index contributed by atoms with van der Waals surface area (Å²) in [6.45, 7) is 7.56. The zero-order valence-corrected chi connectivity index (χ0v) is 13.2. The number of aromatic nitrogens is 1.